The minimum atomic E-state index is -0.321. The number of likely N-dealkylation sites (tertiary alicyclic amines) is 1. The topological polar surface area (TPSA) is 53.5 Å². The van der Waals surface area contributed by atoms with Gasteiger partial charge in [-0.1, -0.05) is 13.8 Å². The Morgan fingerprint density at radius 1 is 1.46 bits per heavy atom. The summed E-state index contributed by atoms with van der Waals surface area (Å²) in [5.41, 5.74) is 0.666. The van der Waals surface area contributed by atoms with E-state index in [9.17, 15) is 9.59 Å². The zero-order valence-electron chi connectivity index (χ0n) is 14.6. The van der Waals surface area contributed by atoms with Crippen LogP contribution in [0.15, 0.2) is 5.38 Å². The lowest BCUT2D eigenvalue weighted by Gasteiger charge is -2.32. The number of aromatic nitrogens is 1. The molecule has 4 rings (SSSR count). The van der Waals surface area contributed by atoms with E-state index in [-0.39, 0.29) is 35.2 Å². The molecule has 3 aliphatic rings. The molecule has 3 aliphatic heterocycles. The lowest BCUT2D eigenvalue weighted by atomic mass is 9.72. The fraction of sp³-hybridized carbons (Fsp3) is 0.722. The maximum Gasteiger partial charge on any atom is 0.231 e. The van der Waals surface area contributed by atoms with E-state index in [0.29, 0.717) is 6.54 Å². The van der Waals surface area contributed by atoms with Gasteiger partial charge in [-0.3, -0.25) is 9.59 Å². The lowest BCUT2D eigenvalue weighted by Crippen LogP contribution is -2.46. The molecule has 0 saturated carbocycles. The van der Waals surface area contributed by atoms with Crippen molar-refractivity contribution in [3.8, 4) is 0 Å². The van der Waals surface area contributed by atoms with Gasteiger partial charge >= 0.3 is 0 Å². The summed E-state index contributed by atoms with van der Waals surface area (Å²) in [6.45, 7) is 7.32. The largest absolute Gasteiger partial charge is 0.336 e. The first-order valence-corrected chi connectivity index (χ1v) is 9.83. The average Bonchev–Trinajstić information content (AvgIpc) is 3.28. The summed E-state index contributed by atoms with van der Waals surface area (Å²) in [5.74, 6) is 0.483. The fourth-order valence-corrected chi connectivity index (χ4v) is 5.60. The van der Waals surface area contributed by atoms with Crippen LogP contribution in [0.5, 0.6) is 0 Å². The average molecular weight is 347 g/mol. The summed E-state index contributed by atoms with van der Waals surface area (Å²) in [4.78, 5) is 34.4. The van der Waals surface area contributed by atoms with E-state index in [1.807, 2.05) is 31.1 Å². The second-order valence-corrected chi connectivity index (χ2v) is 8.90. The van der Waals surface area contributed by atoms with Crippen LogP contribution in [0.1, 0.15) is 50.2 Å². The number of fused-ring (bicyclic) bond motifs is 3. The summed E-state index contributed by atoms with van der Waals surface area (Å²) in [6.07, 6.45) is 3.79. The summed E-state index contributed by atoms with van der Waals surface area (Å²) in [6, 6.07) is 0.391. The van der Waals surface area contributed by atoms with Gasteiger partial charge in [-0.25, -0.2) is 4.98 Å². The molecule has 3 atom stereocenters. The maximum atomic E-state index is 13.2. The van der Waals surface area contributed by atoms with Crippen molar-refractivity contribution in [1.82, 2.24) is 14.8 Å². The molecule has 0 radical (unpaired) electrons. The van der Waals surface area contributed by atoms with Crippen molar-refractivity contribution in [2.75, 3.05) is 6.54 Å². The third-order valence-electron chi connectivity index (χ3n) is 6.05. The maximum absolute atomic E-state index is 13.2. The molecule has 3 fully saturated rings. The predicted molar refractivity (Wildman–Crippen MR) is 92.4 cm³/mol. The van der Waals surface area contributed by atoms with Crippen LogP contribution in [0.2, 0.25) is 0 Å². The van der Waals surface area contributed by atoms with Crippen molar-refractivity contribution in [3.63, 3.8) is 0 Å². The van der Waals surface area contributed by atoms with E-state index in [2.05, 4.69) is 9.88 Å². The van der Waals surface area contributed by atoms with E-state index < -0.39 is 0 Å². The van der Waals surface area contributed by atoms with Gasteiger partial charge in [0.25, 0.3) is 0 Å². The molecule has 24 heavy (non-hydrogen) atoms. The number of carbonyl (C=O) groups excluding carboxylic acids is 2. The van der Waals surface area contributed by atoms with Crippen molar-refractivity contribution in [1.29, 1.82) is 0 Å². The van der Waals surface area contributed by atoms with Gasteiger partial charge < -0.3 is 9.80 Å². The highest BCUT2D eigenvalue weighted by Gasteiger charge is 2.63. The van der Waals surface area contributed by atoms with Crippen LogP contribution in [-0.2, 0) is 16.1 Å². The fourth-order valence-electron chi connectivity index (χ4n) is 5.00. The number of amides is 2. The highest BCUT2D eigenvalue weighted by molar-refractivity contribution is 7.09. The molecular weight excluding hydrogens is 322 g/mol. The monoisotopic (exact) mass is 347 g/mol. The highest BCUT2D eigenvalue weighted by Crippen LogP contribution is 2.55. The number of rotatable bonds is 3. The molecule has 1 spiro atoms. The summed E-state index contributed by atoms with van der Waals surface area (Å²) in [7, 11) is 0. The third-order valence-corrected chi connectivity index (χ3v) is 6.87. The molecule has 3 saturated heterocycles. The standard InChI is InChI=1S/C18H25N3O2S/c1-11(2)16(22)21-14-4-5-15(21)18(8-14)6-7-20(17(18)23)9-13-10-24-12(3)19-13/h10-11,14-15H,4-9H2,1-3H3. The van der Waals surface area contributed by atoms with Gasteiger partial charge in [0.1, 0.15) is 0 Å². The summed E-state index contributed by atoms with van der Waals surface area (Å²) >= 11 is 1.63. The molecule has 0 N–H and O–H groups in total. The summed E-state index contributed by atoms with van der Waals surface area (Å²) in [5, 5.41) is 3.09. The second kappa shape index (κ2) is 5.55. The number of hydrogen-bond donors (Lipinski definition) is 0. The highest BCUT2D eigenvalue weighted by atomic mass is 32.1. The van der Waals surface area contributed by atoms with Crippen LogP contribution in [0.3, 0.4) is 0 Å². The normalized spacial score (nSPS) is 31.9. The van der Waals surface area contributed by atoms with Crippen LogP contribution in [0.4, 0.5) is 0 Å². The van der Waals surface area contributed by atoms with Crippen LogP contribution in [-0.4, -0.2) is 45.2 Å². The van der Waals surface area contributed by atoms with Gasteiger partial charge in [-0.15, -0.1) is 11.3 Å². The van der Waals surface area contributed by atoms with Crippen molar-refractivity contribution >= 4 is 23.2 Å². The molecule has 3 unspecified atom stereocenters. The smallest absolute Gasteiger partial charge is 0.231 e. The quantitative estimate of drug-likeness (QED) is 0.844. The molecule has 0 aliphatic carbocycles. The molecular formula is C18H25N3O2S. The van der Waals surface area contributed by atoms with E-state index in [1.165, 1.54) is 0 Å². The predicted octanol–water partition coefficient (Wildman–Crippen LogP) is 2.59. The molecule has 1 aromatic heterocycles. The third kappa shape index (κ3) is 2.22. The Morgan fingerprint density at radius 2 is 2.25 bits per heavy atom. The molecule has 130 valence electrons. The van der Waals surface area contributed by atoms with E-state index >= 15 is 0 Å². The zero-order valence-corrected chi connectivity index (χ0v) is 15.4. The van der Waals surface area contributed by atoms with Crippen molar-refractivity contribution in [2.24, 2.45) is 11.3 Å². The molecule has 4 heterocycles. The number of aryl methyl sites for hydroxylation is 1. The molecule has 5 nitrogen and oxygen atoms in total. The van der Waals surface area contributed by atoms with Gasteiger partial charge in [-0.2, -0.15) is 0 Å². The first-order chi connectivity index (χ1) is 11.4. The molecule has 1 aromatic rings. The van der Waals surface area contributed by atoms with E-state index in [0.717, 1.165) is 42.9 Å². The van der Waals surface area contributed by atoms with Crippen LogP contribution in [0, 0.1) is 18.3 Å². The Kier molecular flexibility index (Phi) is 3.71. The van der Waals surface area contributed by atoms with Gasteiger partial charge in [-0.05, 0) is 32.6 Å². The first kappa shape index (κ1) is 16.1. The first-order valence-electron chi connectivity index (χ1n) is 8.95. The van der Waals surface area contributed by atoms with Crippen LogP contribution in [0.25, 0.3) is 0 Å². The Bertz CT molecular complexity index is 686. The Hall–Kier alpha value is -1.43. The van der Waals surface area contributed by atoms with Crippen molar-refractivity contribution < 1.29 is 9.59 Å². The molecule has 0 aromatic carbocycles. The number of carbonyl (C=O) groups is 2. The number of thiazole rings is 1. The molecule has 2 amide bonds. The minimum Gasteiger partial charge on any atom is -0.336 e. The Morgan fingerprint density at radius 3 is 2.92 bits per heavy atom. The van der Waals surface area contributed by atoms with Crippen LogP contribution >= 0.6 is 11.3 Å². The Balaban J connectivity index is 1.55. The SMILES string of the molecule is Cc1nc(CN2CCC3(CC4CCC3N4C(=O)C(C)C)C2=O)cs1. The number of nitrogens with zero attached hydrogens (tertiary/aromatic N) is 3. The van der Waals surface area contributed by atoms with Crippen molar-refractivity contribution in [2.45, 2.75) is 65.1 Å². The molecule has 2 bridgehead atoms. The van der Waals surface area contributed by atoms with Crippen molar-refractivity contribution in [3.05, 3.63) is 16.1 Å². The minimum absolute atomic E-state index is 0.00818. The van der Waals surface area contributed by atoms with E-state index in [4.69, 9.17) is 0 Å². The second-order valence-electron chi connectivity index (χ2n) is 7.84. The summed E-state index contributed by atoms with van der Waals surface area (Å²) < 4.78 is 0. The Labute approximate surface area is 147 Å². The zero-order chi connectivity index (χ0) is 17.1. The number of hydrogen-bond acceptors (Lipinski definition) is 4. The van der Waals surface area contributed by atoms with E-state index in [1.54, 1.807) is 11.3 Å². The lowest BCUT2D eigenvalue weighted by molar-refractivity contribution is -0.140. The van der Waals surface area contributed by atoms with Gasteiger partial charge in [0.05, 0.1) is 22.7 Å². The molecule has 6 heteroatoms. The van der Waals surface area contributed by atoms with Gasteiger partial charge in [0, 0.05) is 29.9 Å². The van der Waals surface area contributed by atoms with Crippen LogP contribution < -0.4 is 0 Å². The van der Waals surface area contributed by atoms with Gasteiger partial charge in [0.15, 0.2) is 0 Å². The van der Waals surface area contributed by atoms with Gasteiger partial charge in [0.2, 0.25) is 11.8 Å².